The normalized spacial score (nSPS) is 13.0. The average molecular weight is 116 g/mol. The van der Waals surface area contributed by atoms with E-state index < -0.39 is 0 Å². The Morgan fingerprint density at radius 1 is 2.14 bits per heavy atom. The summed E-state index contributed by atoms with van der Waals surface area (Å²) in [5, 5.41) is 0. The molecule has 3 heteroatoms. The summed E-state index contributed by atoms with van der Waals surface area (Å²) in [6, 6.07) is 0. The van der Waals surface area contributed by atoms with Gasteiger partial charge in [-0.25, -0.2) is 4.98 Å². The average Bonchev–Trinajstić information content (AvgIpc) is 2.14. The SMILES string of the molecule is [3H]Pc1cnc(C)[nH]1. The van der Waals surface area contributed by atoms with E-state index in [2.05, 4.69) is 9.97 Å². The highest BCUT2D eigenvalue weighted by atomic mass is 31.0. The number of imidazole rings is 1. The van der Waals surface area contributed by atoms with Crippen molar-refractivity contribution in [3.05, 3.63) is 12.0 Å². The summed E-state index contributed by atoms with van der Waals surface area (Å²) in [6.45, 7) is 1.88. The van der Waals surface area contributed by atoms with Gasteiger partial charge < -0.3 is 4.98 Å². The van der Waals surface area contributed by atoms with Crippen LogP contribution in [-0.2, 0) is 0 Å². The molecule has 7 heavy (non-hydrogen) atoms. The predicted molar refractivity (Wildman–Crippen MR) is 32.7 cm³/mol. The molecule has 0 aliphatic carbocycles. The standard InChI is InChI=1S/C4H7N2P/c1-3-5-2-4(7)6-3/h2H,7H2,1H3,(H,5,6)/i7T. The Labute approximate surface area is 45.8 Å². The van der Waals surface area contributed by atoms with Crippen LogP contribution >= 0.6 is 9.18 Å². The van der Waals surface area contributed by atoms with Crippen molar-refractivity contribution < 1.29 is 0 Å². The molecule has 1 rings (SSSR count). The van der Waals surface area contributed by atoms with Crippen LogP contribution in [0.2, 0.25) is 0 Å². The second-order valence-corrected chi connectivity index (χ2v) is 1.92. The molecule has 0 saturated heterocycles. The summed E-state index contributed by atoms with van der Waals surface area (Å²) in [6.07, 6.45) is 1.70. The fourth-order valence-electron chi connectivity index (χ4n) is 0.421. The number of nitrogens with zero attached hydrogens (tertiary/aromatic N) is 1. The molecule has 0 aliphatic rings. The van der Waals surface area contributed by atoms with E-state index in [4.69, 9.17) is 1.28 Å². The third-order valence-corrected chi connectivity index (χ3v) is 0.957. The lowest BCUT2D eigenvalue weighted by Gasteiger charge is -1.74. The second-order valence-electron chi connectivity index (χ2n) is 1.38. The van der Waals surface area contributed by atoms with Gasteiger partial charge >= 0.3 is 0 Å². The van der Waals surface area contributed by atoms with Crippen molar-refractivity contribution in [3.63, 3.8) is 0 Å². The van der Waals surface area contributed by atoms with Crippen LogP contribution in [-0.4, -0.2) is 11.2 Å². The van der Waals surface area contributed by atoms with Crippen LogP contribution in [0, 0.1) is 6.92 Å². The van der Waals surface area contributed by atoms with Crippen LogP contribution in [0.5, 0.6) is 0 Å². The Hall–Kier alpha value is -0.360. The number of hydrogen-bond donors (Lipinski definition) is 1. The van der Waals surface area contributed by atoms with Crippen LogP contribution in [0.4, 0.5) is 0 Å². The van der Waals surface area contributed by atoms with Gasteiger partial charge in [-0.2, -0.15) is 0 Å². The van der Waals surface area contributed by atoms with Crippen LogP contribution in [0.25, 0.3) is 0 Å². The lowest BCUT2D eigenvalue weighted by Crippen LogP contribution is -1.86. The first-order valence-electron chi connectivity index (χ1n) is 2.52. The van der Waals surface area contributed by atoms with E-state index in [0.29, 0.717) is 0 Å². The van der Waals surface area contributed by atoms with Crippen molar-refractivity contribution >= 4 is 14.6 Å². The van der Waals surface area contributed by atoms with E-state index in [-0.39, 0.29) is 9.18 Å². The topological polar surface area (TPSA) is 28.7 Å². The minimum absolute atomic E-state index is 0.0828. The largest absolute Gasteiger partial charge is 0.343 e. The molecule has 0 bridgehead atoms. The highest BCUT2D eigenvalue weighted by Crippen LogP contribution is 1.84. The third kappa shape index (κ3) is 1.00. The minimum Gasteiger partial charge on any atom is -0.343 e. The van der Waals surface area contributed by atoms with Crippen molar-refractivity contribution in [1.29, 1.82) is 1.28 Å². The molecule has 0 fully saturated rings. The Bertz CT molecular complexity index is 174. The molecular formula is C4H7N2P. The van der Waals surface area contributed by atoms with Gasteiger partial charge in [0.2, 0.25) is 0 Å². The summed E-state index contributed by atoms with van der Waals surface area (Å²) in [4.78, 5) is 6.86. The Morgan fingerprint density at radius 3 is 3.29 bits per heavy atom. The Morgan fingerprint density at radius 2 is 3.00 bits per heavy atom. The summed E-state index contributed by atoms with van der Waals surface area (Å²) >= 11 is 0. The van der Waals surface area contributed by atoms with E-state index in [9.17, 15) is 0 Å². The molecule has 0 aliphatic heterocycles. The van der Waals surface area contributed by atoms with E-state index in [1.54, 1.807) is 6.20 Å². The molecule has 1 N–H and O–H groups in total. The lowest BCUT2D eigenvalue weighted by atomic mass is 10.8. The van der Waals surface area contributed by atoms with E-state index in [1.165, 1.54) is 0 Å². The maximum atomic E-state index is 6.91. The number of rotatable bonds is 1. The van der Waals surface area contributed by atoms with Crippen molar-refractivity contribution in [2.75, 3.05) is 0 Å². The van der Waals surface area contributed by atoms with Crippen LogP contribution < -0.4 is 5.44 Å². The first kappa shape index (κ1) is 3.62. The first-order valence-corrected chi connectivity index (χ1v) is 2.52. The van der Waals surface area contributed by atoms with E-state index in [1.807, 2.05) is 6.92 Å². The van der Waals surface area contributed by atoms with Gasteiger partial charge in [0.25, 0.3) is 0 Å². The number of aromatic nitrogens is 2. The van der Waals surface area contributed by atoms with Crippen molar-refractivity contribution in [3.8, 4) is 0 Å². The van der Waals surface area contributed by atoms with Gasteiger partial charge in [-0.1, -0.05) is 9.18 Å². The van der Waals surface area contributed by atoms with Crippen molar-refractivity contribution in [2.24, 2.45) is 0 Å². The highest BCUT2D eigenvalue weighted by molar-refractivity contribution is 7.26. The molecule has 1 aromatic rings. The third-order valence-electron chi connectivity index (χ3n) is 0.703. The quantitative estimate of drug-likeness (QED) is 0.522. The number of aryl methyl sites for hydroxylation is 1. The maximum Gasteiger partial charge on any atom is 0.103 e. The zero-order valence-corrected chi connectivity index (χ0v) is 5.02. The second kappa shape index (κ2) is 1.63. The van der Waals surface area contributed by atoms with Crippen LogP contribution in [0.1, 0.15) is 5.82 Å². The molecule has 1 aromatic heterocycles. The Kier molecular flexibility index (Phi) is 0.841. The molecule has 1 unspecified atom stereocenters. The van der Waals surface area contributed by atoms with E-state index >= 15 is 0 Å². The van der Waals surface area contributed by atoms with Gasteiger partial charge in [-0.15, -0.1) is 0 Å². The van der Waals surface area contributed by atoms with Crippen LogP contribution in [0.3, 0.4) is 0 Å². The van der Waals surface area contributed by atoms with Gasteiger partial charge in [0, 0.05) is 0 Å². The fourth-order valence-corrected chi connectivity index (χ4v) is 0.666. The molecule has 38 valence electrons. The fraction of sp³-hybridized carbons (Fsp3) is 0.250. The highest BCUT2D eigenvalue weighted by Gasteiger charge is 1.83. The number of nitrogens with one attached hydrogen (secondary N) is 1. The molecule has 0 aromatic carbocycles. The van der Waals surface area contributed by atoms with E-state index in [0.717, 1.165) is 11.3 Å². The molecule has 0 radical (unpaired) electrons. The van der Waals surface area contributed by atoms with Gasteiger partial charge in [-0.3, -0.25) is 0 Å². The van der Waals surface area contributed by atoms with Gasteiger partial charge in [0.05, 0.1) is 12.9 Å². The van der Waals surface area contributed by atoms with Crippen molar-refractivity contribution in [2.45, 2.75) is 6.92 Å². The van der Waals surface area contributed by atoms with Gasteiger partial charge in [-0.05, 0) is 6.92 Å². The monoisotopic (exact) mass is 116 g/mol. The summed E-state index contributed by atoms with van der Waals surface area (Å²) in [5.74, 6) is 0.889. The van der Waals surface area contributed by atoms with Crippen LogP contribution in [0.15, 0.2) is 6.20 Å². The lowest BCUT2D eigenvalue weighted by molar-refractivity contribution is 1.16. The Balaban J connectivity index is 2.84. The van der Waals surface area contributed by atoms with Gasteiger partial charge in [0.1, 0.15) is 5.82 Å². The zero-order valence-electron chi connectivity index (χ0n) is 5.02. The molecule has 1 atom stereocenters. The smallest absolute Gasteiger partial charge is 0.103 e. The molecule has 2 nitrogen and oxygen atoms in total. The molecule has 0 saturated carbocycles. The van der Waals surface area contributed by atoms with Gasteiger partial charge in [0.15, 0.2) is 0 Å². The molecule has 0 spiro atoms. The van der Waals surface area contributed by atoms with Crippen molar-refractivity contribution in [1.82, 2.24) is 9.97 Å². The predicted octanol–water partition coefficient (Wildman–Crippen LogP) is 0.219. The summed E-state index contributed by atoms with van der Waals surface area (Å²) < 4.78 is 6.91. The summed E-state index contributed by atoms with van der Waals surface area (Å²) in [5.41, 5.74) is 0.905. The zero-order chi connectivity index (χ0) is 5.98. The minimum atomic E-state index is 0.0828. The first-order chi connectivity index (χ1) is 3.83. The number of H-pyrrole nitrogens is 1. The molecule has 0 amide bonds. The number of hydrogen-bond acceptors (Lipinski definition) is 1. The summed E-state index contributed by atoms with van der Waals surface area (Å²) in [7, 11) is 0.0828. The molecular weight excluding hydrogens is 107 g/mol. The maximum absolute atomic E-state index is 6.91. The molecule has 1 heterocycles. The number of aromatic amines is 1.